The van der Waals surface area contributed by atoms with Crippen molar-refractivity contribution >= 4 is 34.8 Å². The van der Waals surface area contributed by atoms with Crippen molar-refractivity contribution in [3.05, 3.63) is 58.6 Å². The topological polar surface area (TPSA) is 58.2 Å². The van der Waals surface area contributed by atoms with E-state index in [9.17, 15) is 9.59 Å². The van der Waals surface area contributed by atoms with E-state index in [0.717, 1.165) is 12.0 Å². The van der Waals surface area contributed by atoms with Crippen molar-refractivity contribution in [1.29, 1.82) is 0 Å². The van der Waals surface area contributed by atoms with Crippen LogP contribution in [0.25, 0.3) is 0 Å². The summed E-state index contributed by atoms with van der Waals surface area (Å²) in [5.74, 6) is -0.732. The van der Waals surface area contributed by atoms with Gasteiger partial charge in [0.2, 0.25) is 11.8 Å². The number of benzene rings is 2. The van der Waals surface area contributed by atoms with Crippen LogP contribution < -0.4 is 10.6 Å². The highest BCUT2D eigenvalue weighted by molar-refractivity contribution is 6.31. The van der Waals surface area contributed by atoms with Crippen molar-refractivity contribution < 1.29 is 9.59 Å². The van der Waals surface area contributed by atoms with Crippen LogP contribution in [0, 0.1) is 6.92 Å². The number of carbonyl (C=O) groups excluding carboxylic acids is 2. The molecule has 0 aliphatic rings. The second-order valence-corrected chi connectivity index (χ2v) is 5.64. The quantitative estimate of drug-likeness (QED) is 0.808. The zero-order valence-electron chi connectivity index (χ0n) is 13.2. The van der Waals surface area contributed by atoms with Crippen LogP contribution in [0.1, 0.15) is 24.5 Å². The van der Waals surface area contributed by atoms with Crippen molar-refractivity contribution in [3.63, 3.8) is 0 Å². The highest BCUT2D eigenvalue weighted by Gasteiger charge is 2.11. The number of aryl methyl sites for hydroxylation is 1. The summed E-state index contributed by atoms with van der Waals surface area (Å²) in [6.45, 7) is 3.88. The summed E-state index contributed by atoms with van der Waals surface area (Å²) in [4.78, 5) is 23.9. The smallest absolute Gasteiger partial charge is 0.233 e. The first-order valence-electron chi connectivity index (χ1n) is 7.43. The highest BCUT2D eigenvalue weighted by atomic mass is 35.5. The lowest BCUT2D eigenvalue weighted by atomic mass is 10.1. The first-order chi connectivity index (χ1) is 11.0. The SMILES string of the molecule is CCc1ccc(NC(=O)CC(=O)Nc2cccc(Cl)c2C)cc1. The Morgan fingerprint density at radius 2 is 1.65 bits per heavy atom. The van der Waals surface area contributed by atoms with Gasteiger partial charge in [0.15, 0.2) is 0 Å². The summed E-state index contributed by atoms with van der Waals surface area (Å²) in [6.07, 6.45) is 0.692. The lowest BCUT2D eigenvalue weighted by Gasteiger charge is -2.10. The second kappa shape index (κ2) is 7.79. The summed E-state index contributed by atoms with van der Waals surface area (Å²) in [6, 6.07) is 12.8. The monoisotopic (exact) mass is 330 g/mol. The fraction of sp³-hybridized carbons (Fsp3) is 0.222. The fourth-order valence-corrected chi connectivity index (χ4v) is 2.29. The van der Waals surface area contributed by atoms with E-state index in [1.807, 2.05) is 31.2 Å². The first-order valence-corrected chi connectivity index (χ1v) is 7.81. The molecule has 0 bridgehead atoms. The van der Waals surface area contributed by atoms with Gasteiger partial charge in [-0.25, -0.2) is 0 Å². The molecule has 0 heterocycles. The Hall–Kier alpha value is -2.33. The van der Waals surface area contributed by atoms with Gasteiger partial charge in [-0.05, 0) is 48.7 Å². The molecule has 2 amide bonds. The number of halogens is 1. The Kier molecular flexibility index (Phi) is 5.77. The van der Waals surface area contributed by atoms with Crippen molar-refractivity contribution in [1.82, 2.24) is 0 Å². The zero-order valence-corrected chi connectivity index (χ0v) is 13.9. The van der Waals surface area contributed by atoms with Gasteiger partial charge < -0.3 is 10.6 Å². The van der Waals surface area contributed by atoms with Crippen molar-refractivity contribution in [3.8, 4) is 0 Å². The van der Waals surface area contributed by atoms with Gasteiger partial charge in [0.25, 0.3) is 0 Å². The minimum absolute atomic E-state index is 0.249. The molecule has 0 saturated carbocycles. The molecule has 0 saturated heterocycles. The highest BCUT2D eigenvalue weighted by Crippen LogP contribution is 2.23. The molecule has 2 N–H and O–H groups in total. The normalized spacial score (nSPS) is 10.2. The standard InChI is InChI=1S/C18H19ClN2O2/c1-3-13-7-9-14(10-8-13)20-17(22)11-18(23)21-16-6-4-5-15(19)12(16)2/h4-10H,3,11H2,1-2H3,(H,20,22)(H,21,23). The number of rotatable bonds is 5. The molecule has 23 heavy (non-hydrogen) atoms. The van der Waals surface area contributed by atoms with Gasteiger partial charge in [-0.15, -0.1) is 0 Å². The van der Waals surface area contributed by atoms with E-state index < -0.39 is 0 Å². The number of hydrogen-bond donors (Lipinski definition) is 2. The summed E-state index contributed by atoms with van der Waals surface area (Å²) >= 11 is 6.00. The van der Waals surface area contributed by atoms with Crippen molar-refractivity contribution in [2.24, 2.45) is 0 Å². The molecule has 4 nitrogen and oxygen atoms in total. The number of nitrogens with one attached hydrogen (secondary N) is 2. The van der Waals surface area contributed by atoms with Gasteiger partial charge in [0.1, 0.15) is 6.42 Å². The first kappa shape index (κ1) is 17.0. The Labute approximate surface area is 140 Å². The number of amides is 2. The number of hydrogen-bond acceptors (Lipinski definition) is 2. The van der Waals surface area contributed by atoms with E-state index in [-0.39, 0.29) is 18.2 Å². The van der Waals surface area contributed by atoms with Crippen LogP contribution in [0.15, 0.2) is 42.5 Å². The Balaban J connectivity index is 1.91. The molecular weight excluding hydrogens is 312 g/mol. The second-order valence-electron chi connectivity index (χ2n) is 5.24. The molecule has 120 valence electrons. The predicted octanol–water partition coefficient (Wildman–Crippen LogP) is 4.18. The third-order valence-corrected chi connectivity index (χ3v) is 3.92. The summed E-state index contributed by atoms with van der Waals surface area (Å²) < 4.78 is 0. The summed E-state index contributed by atoms with van der Waals surface area (Å²) in [5.41, 5.74) is 3.26. The molecule has 0 atom stereocenters. The van der Waals surface area contributed by atoms with Crippen LogP contribution in [-0.2, 0) is 16.0 Å². The molecule has 0 aliphatic carbocycles. The van der Waals surface area contributed by atoms with E-state index in [2.05, 4.69) is 17.6 Å². The third-order valence-electron chi connectivity index (χ3n) is 3.51. The minimum Gasteiger partial charge on any atom is -0.326 e. The number of carbonyl (C=O) groups is 2. The number of anilines is 2. The molecule has 2 aromatic rings. The lowest BCUT2D eigenvalue weighted by molar-refractivity contribution is -0.123. The molecule has 0 unspecified atom stereocenters. The van der Waals surface area contributed by atoms with E-state index in [1.165, 1.54) is 5.56 Å². The Morgan fingerprint density at radius 3 is 2.30 bits per heavy atom. The summed E-state index contributed by atoms with van der Waals surface area (Å²) in [5, 5.41) is 5.98. The molecule has 0 fully saturated rings. The van der Waals surface area contributed by atoms with Gasteiger partial charge in [-0.3, -0.25) is 9.59 Å². The van der Waals surface area contributed by atoms with Crippen LogP contribution in [0.5, 0.6) is 0 Å². The van der Waals surface area contributed by atoms with Crippen LogP contribution in [0.4, 0.5) is 11.4 Å². The van der Waals surface area contributed by atoms with E-state index >= 15 is 0 Å². The van der Waals surface area contributed by atoms with Crippen LogP contribution in [-0.4, -0.2) is 11.8 Å². The maximum absolute atomic E-state index is 12.0. The Morgan fingerprint density at radius 1 is 1.00 bits per heavy atom. The van der Waals surface area contributed by atoms with Crippen molar-refractivity contribution in [2.75, 3.05) is 10.6 Å². The molecule has 0 radical (unpaired) electrons. The molecule has 2 aromatic carbocycles. The van der Waals surface area contributed by atoms with Crippen molar-refractivity contribution in [2.45, 2.75) is 26.7 Å². The predicted molar refractivity (Wildman–Crippen MR) is 93.9 cm³/mol. The van der Waals surface area contributed by atoms with Crippen LogP contribution in [0.2, 0.25) is 5.02 Å². The fourth-order valence-electron chi connectivity index (χ4n) is 2.11. The Bertz CT molecular complexity index is 711. The van der Waals surface area contributed by atoms with Gasteiger partial charge in [-0.2, -0.15) is 0 Å². The average Bonchev–Trinajstić information content (AvgIpc) is 2.52. The third kappa shape index (κ3) is 4.83. The maximum Gasteiger partial charge on any atom is 0.233 e. The largest absolute Gasteiger partial charge is 0.326 e. The van der Waals surface area contributed by atoms with E-state index in [0.29, 0.717) is 16.4 Å². The molecule has 0 spiro atoms. The minimum atomic E-state index is -0.377. The van der Waals surface area contributed by atoms with Gasteiger partial charge in [0, 0.05) is 16.4 Å². The molecule has 0 aliphatic heterocycles. The van der Waals surface area contributed by atoms with E-state index in [1.54, 1.807) is 18.2 Å². The van der Waals surface area contributed by atoms with E-state index in [4.69, 9.17) is 11.6 Å². The molecule has 5 heteroatoms. The molecule has 0 aromatic heterocycles. The maximum atomic E-state index is 12.0. The van der Waals surface area contributed by atoms with Gasteiger partial charge in [-0.1, -0.05) is 36.7 Å². The zero-order chi connectivity index (χ0) is 16.8. The van der Waals surface area contributed by atoms with Gasteiger partial charge in [0.05, 0.1) is 0 Å². The molecule has 2 rings (SSSR count). The molecular formula is C18H19ClN2O2. The van der Waals surface area contributed by atoms with Gasteiger partial charge >= 0.3 is 0 Å². The lowest BCUT2D eigenvalue weighted by Crippen LogP contribution is -2.21. The van der Waals surface area contributed by atoms with Crippen LogP contribution in [0.3, 0.4) is 0 Å². The van der Waals surface area contributed by atoms with Crippen LogP contribution >= 0.6 is 11.6 Å². The average molecular weight is 331 g/mol. The summed E-state index contributed by atoms with van der Waals surface area (Å²) in [7, 11) is 0.